The zero-order valence-corrected chi connectivity index (χ0v) is 15.0. The molecule has 0 fully saturated rings. The highest BCUT2D eigenvalue weighted by atomic mass is 35.5. The molecule has 2 N–H and O–H groups in total. The molecule has 128 valence electrons. The van der Waals surface area contributed by atoms with E-state index in [2.05, 4.69) is 15.6 Å². The van der Waals surface area contributed by atoms with Gasteiger partial charge in [-0.25, -0.2) is 9.77 Å². The van der Waals surface area contributed by atoms with Gasteiger partial charge in [-0.1, -0.05) is 66.2 Å². The van der Waals surface area contributed by atoms with Crippen molar-refractivity contribution in [2.75, 3.05) is 5.43 Å². The average molecular weight is 381 g/mol. The molecular formula is C19H13ClN4OS. The minimum absolute atomic E-state index is 0.285. The molecule has 0 radical (unpaired) electrons. The fourth-order valence-corrected chi connectivity index (χ4v) is 3.21. The molecule has 7 heteroatoms. The van der Waals surface area contributed by atoms with Crippen LogP contribution in [0.2, 0.25) is 5.02 Å². The van der Waals surface area contributed by atoms with Crippen LogP contribution in [0.1, 0.15) is 10.4 Å². The highest BCUT2D eigenvalue weighted by Crippen LogP contribution is 2.27. The lowest BCUT2D eigenvalue weighted by molar-refractivity contribution is 0.101. The van der Waals surface area contributed by atoms with Crippen LogP contribution in [-0.4, -0.2) is 20.8 Å². The number of fused-ring (bicyclic) bond motifs is 1. The van der Waals surface area contributed by atoms with Crippen molar-refractivity contribution in [2.24, 2.45) is 0 Å². The lowest BCUT2D eigenvalue weighted by atomic mass is 10.0. The van der Waals surface area contributed by atoms with E-state index >= 15 is 0 Å². The molecule has 0 unspecified atom stereocenters. The van der Waals surface area contributed by atoms with E-state index in [1.54, 1.807) is 24.3 Å². The molecule has 4 rings (SSSR count). The van der Waals surface area contributed by atoms with Crippen molar-refractivity contribution in [1.29, 1.82) is 0 Å². The Morgan fingerprint density at radius 1 is 1.04 bits per heavy atom. The number of nitrogens with one attached hydrogen (secondary N) is 2. The van der Waals surface area contributed by atoms with Crippen molar-refractivity contribution < 1.29 is 4.79 Å². The first-order valence-corrected chi connectivity index (χ1v) is 8.65. The second-order valence-corrected chi connectivity index (χ2v) is 6.43. The van der Waals surface area contributed by atoms with E-state index in [4.69, 9.17) is 23.8 Å². The van der Waals surface area contributed by atoms with Crippen molar-refractivity contribution in [3.05, 3.63) is 82.1 Å². The largest absolute Gasteiger partial charge is 0.271 e. The average Bonchev–Trinajstić information content (AvgIpc) is 3.02. The summed E-state index contributed by atoms with van der Waals surface area (Å²) in [4.78, 5) is 12.6. The second-order valence-electron chi connectivity index (χ2n) is 5.64. The van der Waals surface area contributed by atoms with Gasteiger partial charge < -0.3 is 0 Å². The highest BCUT2D eigenvalue weighted by Gasteiger charge is 2.16. The van der Waals surface area contributed by atoms with E-state index in [0.717, 1.165) is 16.3 Å². The maximum atomic E-state index is 12.6. The lowest BCUT2D eigenvalue weighted by Crippen LogP contribution is -2.24. The third-order valence-corrected chi connectivity index (χ3v) is 4.64. The number of aromatic amines is 1. The minimum Gasteiger partial charge on any atom is -0.267 e. The Labute approximate surface area is 159 Å². The summed E-state index contributed by atoms with van der Waals surface area (Å²) < 4.78 is 1.75. The summed E-state index contributed by atoms with van der Waals surface area (Å²) in [5, 5.41) is 9.49. The summed E-state index contributed by atoms with van der Waals surface area (Å²) >= 11 is 11.4. The monoisotopic (exact) mass is 380 g/mol. The van der Waals surface area contributed by atoms with Gasteiger partial charge in [0.25, 0.3) is 5.91 Å². The normalized spacial score (nSPS) is 10.8. The molecule has 0 bridgehead atoms. The van der Waals surface area contributed by atoms with Gasteiger partial charge in [0.05, 0.1) is 10.6 Å². The molecule has 1 amide bonds. The number of H-pyrrole nitrogens is 1. The highest BCUT2D eigenvalue weighted by molar-refractivity contribution is 7.71. The molecule has 0 aliphatic heterocycles. The van der Waals surface area contributed by atoms with E-state index < -0.39 is 0 Å². The van der Waals surface area contributed by atoms with Crippen LogP contribution >= 0.6 is 23.8 Å². The summed E-state index contributed by atoms with van der Waals surface area (Å²) in [6, 6.07) is 20.7. The predicted molar refractivity (Wildman–Crippen MR) is 105 cm³/mol. The summed E-state index contributed by atoms with van der Waals surface area (Å²) in [7, 11) is 0. The standard InChI is InChI=1S/C19H13ClN4OS/c20-16-11-4-3-9-15(16)18(25)23-24-17(21-22-19(24)26)14-10-5-7-12-6-1-2-8-13(12)14/h1-11H,(H,22,26)(H,23,25). The van der Waals surface area contributed by atoms with E-state index in [9.17, 15) is 4.79 Å². The number of carbonyl (C=O) groups excluding carboxylic acids is 1. The van der Waals surface area contributed by atoms with Crippen LogP contribution in [0.4, 0.5) is 0 Å². The van der Waals surface area contributed by atoms with E-state index in [0.29, 0.717) is 16.4 Å². The van der Waals surface area contributed by atoms with Crippen LogP contribution in [0.15, 0.2) is 66.7 Å². The van der Waals surface area contributed by atoms with Gasteiger partial charge in [0.2, 0.25) is 4.77 Å². The molecule has 0 spiro atoms. The van der Waals surface area contributed by atoms with Gasteiger partial charge in [-0.15, -0.1) is 0 Å². The summed E-state index contributed by atoms with van der Waals surface area (Å²) in [6.45, 7) is 0. The molecule has 3 aromatic carbocycles. The number of carbonyl (C=O) groups is 1. The Hall–Kier alpha value is -2.96. The van der Waals surface area contributed by atoms with Gasteiger partial charge >= 0.3 is 0 Å². The number of benzene rings is 3. The van der Waals surface area contributed by atoms with E-state index in [1.807, 2.05) is 42.5 Å². The Balaban J connectivity index is 1.80. The molecule has 0 saturated heterocycles. The van der Waals surface area contributed by atoms with Crippen molar-refractivity contribution in [1.82, 2.24) is 14.9 Å². The van der Waals surface area contributed by atoms with Crippen LogP contribution in [-0.2, 0) is 0 Å². The van der Waals surface area contributed by atoms with Crippen LogP contribution in [0.3, 0.4) is 0 Å². The molecule has 0 saturated carbocycles. The molecular weight excluding hydrogens is 368 g/mol. The first kappa shape index (κ1) is 16.5. The molecule has 0 aliphatic rings. The van der Waals surface area contributed by atoms with Crippen molar-refractivity contribution >= 4 is 40.5 Å². The lowest BCUT2D eigenvalue weighted by Gasteiger charge is -2.11. The first-order valence-electron chi connectivity index (χ1n) is 7.86. The third-order valence-electron chi connectivity index (χ3n) is 4.03. The molecule has 0 aliphatic carbocycles. The Morgan fingerprint density at radius 2 is 1.77 bits per heavy atom. The summed E-state index contributed by atoms with van der Waals surface area (Å²) in [5.41, 5.74) is 3.99. The van der Waals surface area contributed by atoms with E-state index in [-0.39, 0.29) is 10.7 Å². The molecule has 26 heavy (non-hydrogen) atoms. The van der Waals surface area contributed by atoms with E-state index in [1.165, 1.54) is 4.68 Å². The van der Waals surface area contributed by atoms with Crippen molar-refractivity contribution in [3.8, 4) is 11.4 Å². The number of hydrogen-bond acceptors (Lipinski definition) is 3. The number of rotatable bonds is 3. The van der Waals surface area contributed by atoms with Gasteiger partial charge in [0.1, 0.15) is 0 Å². The molecule has 1 aromatic heterocycles. The van der Waals surface area contributed by atoms with Gasteiger partial charge in [0.15, 0.2) is 5.82 Å². The second kappa shape index (κ2) is 6.74. The molecule has 0 atom stereocenters. The number of hydrogen-bond donors (Lipinski definition) is 2. The van der Waals surface area contributed by atoms with Gasteiger partial charge in [-0.05, 0) is 35.1 Å². The zero-order chi connectivity index (χ0) is 18.1. The van der Waals surface area contributed by atoms with Crippen molar-refractivity contribution in [3.63, 3.8) is 0 Å². The van der Waals surface area contributed by atoms with Crippen LogP contribution in [0.5, 0.6) is 0 Å². The fraction of sp³-hybridized carbons (Fsp3) is 0. The SMILES string of the molecule is O=C(Nn1c(-c2cccc3ccccc23)n[nH]c1=S)c1ccccc1Cl. The molecule has 5 nitrogen and oxygen atoms in total. The quantitative estimate of drug-likeness (QED) is 0.502. The maximum Gasteiger partial charge on any atom is 0.271 e. The van der Waals surface area contributed by atoms with Gasteiger partial charge in [-0.2, -0.15) is 5.10 Å². The molecule has 4 aromatic rings. The minimum atomic E-state index is -0.366. The van der Waals surface area contributed by atoms with Crippen LogP contribution in [0.25, 0.3) is 22.2 Å². The maximum absolute atomic E-state index is 12.6. The predicted octanol–water partition coefficient (Wildman–Crippen LogP) is 4.80. The Bertz CT molecular complexity index is 1180. The fourth-order valence-electron chi connectivity index (χ4n) is 2.81. The Morgan fingerprint density at radius 3 is 2.62 bits per heavy atom. The Kier molecular flexibility index (Phi) is 4.28. The summed E-state index contributed by atoms with van der Waals surface area (Å²) in [5.74, 6) is 0.154. The third kappa shape index (κ3) is 2.89. The topological polar surface area (TPSA) is 62.7 Å². The number of halogens is 1. The smallest absolute Gasteiger partial charge is 0.267 e. The number of aromatic nitrogens is 3. The number of amides is 1. The van der Waals surface area contributed by atoms with Gasteiger partial charge in [-0.3, -0.25) is 10.2 Å². The van der Waals surface area contributed by atoms with Crippen molar-refractivity contribution in [2.45, 2.75) is 0 Å². The van der Waals surface area contributed by atoms with Crippen LogP contribution < -0.4 is 5.43 Å². The number of nitrogens with zero attached hydrogens (tertiary/aromatic N) is 2. The molecule has 1 heterocycles. The van der Waals surface area contributed by atoms with Gasteiger partial charge in [0, 0.05) is 5.56 Å². The zero-order valence-electron chi connectivity index (χ0n) is 13.4. The van der Waals surface area contributed by atoms with Crippen LogP contribution in [0, 0.1) is 4.77 Å². The summed E-state index contributed by atoms with van der Waals surface area (Å²) in [6.07, 6.45) is 0. The first-order chi connectivity index (χ1) is 12.6.